The van der Waals surface area contributed by atoms with Gasteiger partial charge in [-0.1, -0.05) is 29.8 Å². The molecule has 0 bridgehead atoms. The van der Waals surface area contributed by atoms with Crippen molar-refractivity contribution in [3.05, 3.63) is 46.7 Å². The maximum Gasteiger partial charge on any atom is 0.336 e. The van der Waals surface area contributed by atoms with Gasteiger partial charge in [-0.2, -0.15) is 0 Å². The number of nitrogens with zero attached hydrogens (tertiary/aromatic N) is 2. The van der Waals surface area contributed by atoms with E-state index in [2.05, 4.69) is 10.2 Å². The van der Waals surface area contributed by atoms with Gasteiger partial charge in [0.1, 0.15) is 6.54 Å². The average molecular weight is 428 g/mol. The van der Waals surface area contributed by atoms with Crippen molar-refractivity contribution in [1.82, 2.24) is 15.1 Å². The molecule has 1 aromatic rings. The molecule has 1 fully saturated rings. The van der Waals surface area contributed by atoms with Gasteiger partial charge in [-0.05, 0) is 52.3 Å². The Morgan fingerprint density at radius 1 is 1.13 bits per heavy atom. The van der Waals surface area contributed by atoms with Gasteiger partial charge in [0.05, 0.1) is 12.2 Å². The van der Waals surface area contributed by atoms with Gasteiger partial charge >= 0.3 is 5.97 Å². The fraction of sp³-hybridized carbons (Fsp3) is 0.542. The van der Waals surface area contributed by atoms with Gasteiger partial charge in [-0.15, -0.1) is 0 Å². The average Bonchev–Trinajstić information content (AvgIpc) is 3.25. The van der Waals surface area contributed by atoms with Crippen molar-refractivity contribution < 1.29 is 19.1 Å². The van der Waals surface area contributed by atoms with Gasteiger partial charge in [0.15, 0.2) is 0 Å². The zero-order valence-corrected chi connectivity index (χ0v) is 18.8. The molecule has 2 aliphatic rings. The summed E-state index contributed by atoms with van der Waals surface area (Å²) in [7, 11) is 0. The van der Waals surface area contributed by atoms with Gasteiger partial charge in [0, 0.05) is 31.1 Å². The zero-order chi connectivity index (χ0) is 22.4. The van der Waals surface area contributed by atoms with Crippen LogP contribution >= 0.6 is 0 Å². The molecule has 1 atom stereocenters. The molecule has 1 aromatic carbocycles. The Bertz CT molecular complexity index is 841. The van der Waals surface area contributed by atoms with Crippen LogP contribution in [0.3, 0.4) is 0 Å². The molecular weight excluding hydrogens is 394 g/mol. The lowest BCUT2D eigenvalue weighted by Gasteiger charge is -2.34. The minimum absolute atomic E-state index is 0.0891. The molecule has 7 nitrogen and oxygen atoms in total. The van der Waals surface area contributed by atoms with Crippen LogP contribution in [0.2, 0.25) is 0 Å². The summed E-state index contributed by atoms with van der Waals surface area (Å²) in [4.78, 5) is 42.0. The minimum atomic E-state index is -0.433. The van der Waals surface area contributed by atoms with E-state index < -0.39 is 5.97 Å². The molecule has 0 aliphatic carbocycles. The number of likely N-dealkylation sites (tertiary alicyclic amines) is 1. The smallest absolute Gasteiger partial charge is 0.336 e. The predicted octanol–water partition coefficient (Wildman–Crippen LogP) is 2.36. The van der Waals surface area contributed by atoms with Crippen LogP contribution in [0.1, 0.15) is 50.2 Å². The second-order valence-corrected chi connectivity index (χ2v) is 8.27. The number of carbonyl (C=O) groups excluding carboxylic acids is 3. The summed E-state index contributed by atoms with van der Waals surface area (Å²) in [6.45, 7) is 9.16. The van der Waals surface area contributed by atoms with Crippen molar-refractivity contribution in [2.75, 3.05) is 39.3 Å². The highest BCUT2D eigenvalue weighted by Crippen LogP contribution is 2.37. The van der Waals surface area contributed by atoms with Crippen LogP contribution in [-0.2, 0) is 19.1 Å². The summed E-state index contributed by atoms with van der Waals surface area (Å²) in [5.41, 5.74) is 2.96. The molecule has 1 saturated heterocycles. The van der Waals surface area contributed by atoms with E-state index in [1.807, 2.05) is 31.2 Å². The topological polar surface area (TPSA) is 79.0 Å². The van der Waals surface area contributed by atoms with E-state index in [-0.39, 0.29) is 37.3 Å². The molecule has 2 heterocycles. The molecule has 0 spiro atoms. The van der Waals surface area contributed by atoms with E-state index in [0.717, 1.165) is 30.8 Å². The number of carbonyl (C=O) groups is 3. The predicted molar refractivity (Wildman–Crippen MR) is 118 cm³/mol. The quantitative estimate of drug-likeness (QED) is 0.645. The van der Waals surface area contributed by atoms with Crippen molar-refractivity contribution in [3.63, 3.8) is 0 Å². The van der Waals surface area contributed by atoms with E-state index in [4.69, 9.17) is 4.74 Å². The molecule has 0 aromatic heterocycles. The molecule has 3 rings (SSSR count). The summed E-state index contributed by atoms with van der Waals surface area (Å²) in [5, 5.41) is 2.90. The van der Waals surface area contributed by atoms with Gasteiger partial charge in [-0.3, -0.25) is 9.59 Å². The van der Waals surface area contributed by atoms with Crippen molar-refractivity contribution in [1.29, 1.82) is 0 Å². The summed E-state index contributed by atoms with van der Waals surface area (Å²) in [6.07, 6.45) is 2.55. The van der Waals surface area contributed by atoms with E-state index in [1.54, 1.807) is 13.8 Å². The standard InChI is InChI=1S/C24H33N3O4/c1-4-31-24(30)23-18(3)27(16-21(28)25-11-14-26-12-5-6-13-26)22(29)15-20(23)19-9-7-17(2)8-10-19/h7-10,20H,4-6,11-16H2,1-3H3,(H,25,28). The van der Waals surface area contributed by atoms with Gasteiger partial charge in [0.25, 0.3) is 0 Å². The number of aryl methyl sites for hydroxylation is 1. The van der Waals surface area contributed by atoms with Crippen LogP contribution in [0.15, 0.2) is 35.5 Å². The second kappa shape index (κ2) is 10.6. The molecule has 31 heavy (non-hydrogen) atoms. The maximum atomic E-state index is 13.0. The molecular formula is C24H33N3O4. The fourth-order valence-electron chi connectivity index (χ4n) is 4.32. The molecule has 2 amide bonds. The molecule has 0 radical (unpaired) electrons. The summed E-state index contributed by atoms with van der Waals surface area (Å²) >= 11 is 0. The molecule has 2 aliphatic heterocycles. The van der Waals surface area contributed by atoms with Gasteiger partial charge in [0.2, 0.25) is 11.8 Å². The first kappa shape index (κ1) is 23.0. The third-order valence-electron chi connectivity index (χ3n) is 6.05. The van der Waals surface area contributed by atoms with Crippen LogP contribution < -0.4 is 5.32 Å². The molecule has 7 heteroatoms. The van der Waals surface area contributed by atoms with Gasteiger partial charge < -0.3 is 19.9 Å². The number of allylic oxidation sites excluding steroid dienone is 1. The van der Waals surface area contributed by atoms with Crippen molar-refractivity contribution in [3.8, 4) is 0 Å². The first-order valence-corrected chi connectivity index (χ1v) is 11.1. The van der Waals surface area contributed by atoms with E-state index in [1.165, 1.54) is 17.7 Å². The molecule has 0 saturated carbocycles. The van der Waals surface area contributed by atoms with E-state index in [0.29, 0.717) is 17.8 Å². The van der Waals surface area contributed by atoms with Crippen LogP contribution in [0.5, 0.6) is 0 Å². The number of hydrogen-bond acceptors (Lipinski definition) is 5. The Balaban J connectivity index is 1.75. The van der Waals surface area contributed by atoms with E-state index >= 15 is 0 Å². The lowest BCUT2D eigenvalue weighted by atomic mass is 9.83. The normalized spacial score (nSPS) is 19.6. The highest BCUT2D eigenvalue weighted by molar-refractivity contribution is 5.97. The molecule has 1 unspecified atom stereocenters. The van der Waals surface area contributed by atoms with Crippen molar-refractivity contribution in [2.24, 2.45) is 0 Å². The number of benzene rings is 1. The number of nitrogens with one attached hydrogen (secondary N) is 1. The SMILES string of the molecule is CCOC(=O)C1=C(C)N(CC(=O)NCCN2CCCC2)C(=O)CC1c1ccc(C)cc1. The monoisotopic (exact) mass is 427 g/mol. The number of rotatable bonds is 8. The number of hydrogen-bond donors (Lipinski definition) is 1. The van der Waals surface area contributed by atoms with Crippen LogP contribution in [-0.4, -0.2) is 66.9 Å². The highest BCUT2D eigenvalue weighted by Gasteiger charge is 2.37. The molecule has 168 valence electrons. The van der Waals surface area contributed by atoms with Gasteiger partial charge in [-0.25, -0.2) is 4.79 Å². The maximum absolute atomic E-state index is 13.0. The lowest BCUT2D eigenvalue weighted by Crippen LogP contribution is -2.45. The Morgan fingerprint density at radius 2 is 1.81 bits per heavy atom. The largest absolute Gasteiger partial charge is 0.463 e. The zero-order valence-electron chi connectivity index (χ0n) is 18.8. The minimum Gasteiger partial charge on any atom is -0.463 e. The third-order valence-corrected chi connectivity index (χ3v) is 6.05. The summed E-state index contributed by atoms with van der Waals surface area (Å²) in [6, 6.07) is 7.83. The fourth-order valence-corrected chi connectivity index (χ4v) is 4.32. The van der Waals surface area contributed by atoms with Crippen LogP contribution in [0.4, 0.5) is 0 Å². The second-order valence-electron chi connectivity index (χ2n) is 8.27. The Labute approximate surface area is 184 Å². The van der Waals surface area contributed by atoms with Crippen LogP contribution in [0.25, 0.3) is 0 Å². The van der Waals surface area contributed by atoms with Crippen molar-refractivity contribution in [2.45, 2.75) is 46.0 Å². The summed E-state index contributed by atoms with van der Waals surface area (Å²) < 4.78 is 5.30. The third kappa shape index (κ3) is 5.73. The lowest BCUT2D eigenvalue weighted by molar-refractivity contribution is -0.141. The molecule has 1 N–H and O–H groups in total. The summed E-state index contributed by atoms with van der Waals surface area (Å²) in [5.74, 6) is -1.19. The first-order chi connectivity index (χ1) is 14.9. The van der Waals surface area contributed by atoms with Crippen LogP contribution in [0, 0.1) is 6.92 Å². The van der Waals surface area contributed by atoms with Crippen molar-refractivity contribution >= 4 is 17.8 Å². The Morgan fingerprint density at radius 3 is 2.45 bits per heavy atom. The number of ether oxygens (including phenoxy) is 1. The Kier molecular flexibility index (Phi) is 7.85. The number of amides is 2. The first-order valence-electron chi connectivity index (χ1n) is 11.1. The highest BCUT2D eigenvalue weighted by atomic mass is 16.5. The van der Waals surface area contributed by atoms with E-state index in [9.17, 15) is 14.4 Å². The Hall–Kier alpha value is -2.67. The number of esters is 1.